The van der Waals surface area contributed by atoms with Crippen LogP contribution in [-0.4, -0.2) is 20.2 Å². The van der Waals surface area contributed by atoms with Crippen LogP contribution in [-0.2, 0) is 6.61 Å². The molecule has 2 heterocycles. The van der Waals surface area contributed by atoms with E-state index in [0.29, 0.717) is 18.2 Å². The first-order valence-electron chi connectivity index (χ1n) is 7.41. The summed E-state index contributed by atoms with van der Waals surface area (Å²) in [4.78, 5) is 8.88. The first-order chi connectivity index (χ1) is 11.1. The third kappa shape index (κ3) is 4.06. The summed E-state index contributed by atoms with van der Waals surface area (Å²) < 4.78 is 5.74. The molecule has 0 aliphatic heterocycles. The van der Waals surface area contributed by atoms with Gasteiger partial charge in [0.15, 0.2) is 11.6 Å². The molecule has 6 nitrogen and oxygen atoms in total. The third-order valence-electron chi connectivity index (χ3n) is 3.25. The molecule has 0 saturated carbocycles. The van der Waals surface area contributed by atoms with Crippen molar-refractivity contribution in [3.63, 3.8) is 0 Å². The van der Waals surface area contributed by atoms with E-state index in [1.54, 1.807) is 0 Å². The van der Waals surface area contributed by atoms with Crippen LogP contribution in [0.2, 0.25) is 0 Å². The number of aryl methyl sites for hydroxylation is 3. The van der Waals surface area contributed by atoms with Crippen molar-refractivity contribution in [2.24, 2.45) is 0 Å². The molecule has 0 fully saturated rings. The van der Waals surface area contributed by atoms with E-state index < -0.39 is 0 Å². The minimum absolute atomic E-state index is 0.318. The largest absolute Gasteiger partial charge is 0.486 e. The van der Waals surface area contributed by atoms with Gasteiger partial charge >= 0.3 is 0 Å². The summed E-state index contributed by atoms with van der Waals surface area (Å²) in [7, 11) is 0. The van der Waals surface area contributed by atoms with Gasteiger partial charge in [-0.05, 0) is 32.9 Å². The van der Waals surface area contributed by atoms with Gasteiger partial charge in [0, 0.05) is 23.5 Å². The van der Waals surface area contributed by atoms with E-state index in [1.807, 2.05) is 57.2 Å². The predicted molar refractivity (Wildman–Crippen MR) is 88.9 cm³/mol. The number of hydrogen-bond donors (Lipinski definition) is 2. The van der Waals surface area contributed by atoms with Crippen molar-refractivity contribution < 1.29 is 4.74 Å². The van der Waals surface area contributed by atoms with Gasteiger partial charge in [-0.3, -0.25) is 5.10 Å². The Labute approximate surface area is 135 Å². The second-order valence-electron chi connectivity index (χ2n) is 5.47. The maximum atomic E-state index is 5.74. The van der Waals surface area contributed by atoms with Crippen LogP contribution in [0.15, 0.2) is 36.4 Å². The highest BCUT2D eigenvalue weighted by atomic mass is 16.5. The monoisotopic (exact) mass is 309 g/mol. The summed E-state index contributed by atoms with van der Waals surface area (Å²) in [6, 6.07) is 11.7. The van der Waals surface area contributed by atoms with E-state index in [2.05, 4.69) is 25.5 Å². The lowest BCUT2D eigenvalue weighted by molar-refractivity contribution is 0.295. The highest BCUT2D eigenvalue weighted by molar-refractivity contribution is 5.51. The molecule has 0 bridgehead atoms. The number of aromatic amines is 1. The van der Waals surface area contributed by atoms with Crippen LogP contribution in [0.1, 0.15) is 22.8 Å². The number of nitrogens with zero attached hydrogens (tertiary/aromatic N) is 3. The number of aromatic nitrogens is 4. The van der Waals surface area contributed by atoms with Crippen LogP contribution in [0, 0.1) is 20.8 Å². The van der Waals surface area contributed by atoms with Crippen molar-refractivity contribution in [2.75, 3.05) is 5.32 Å². The lowest BCUT2D eigenvalue weighted by Gasteiger charge is -2.08. The van der Waals surface area contributed by atoms with Gasteiger partial charge < -0.3 is 10.1 Å². The SMILES string of the molecule is Cc1ccc(OCc2nc(C)cc(Nc3cc(C)[nH]n3)n2)cc1. The number of nitrogens with one attached hydrogen (secondary N) is 2. The molecule has 23 heavy (non-hydrogen) atoms. The Bertz CT molecular complexity index is 795. The molecule has 0 atom stereocenters. The highest BCUT2D eigenvalue weighted by Crippen LogP contribution is 2.16. The Morgan fingerprint density at radius 2 is 1.78 bits per heavy atom. The molecule has 0 radical (unpaired) electrons. The van der Waals surface area contributed by atoms with Crippen LogP contribution in [0.3, 0.4) is 0 Å². The molecule has 1 aromatic carbocycles. The van der Waals surface area contributed by atoms with Gasteiger partial charge in [-0.25, -0.2) is 9.97 Å². The number of benzene rings is 1. The maximum Gasteiger partial charge on any atom is 0.168 e. The Morgan fingerprint density at radius 1 is 1.00 bits per heavy atom. The van der Waals surface area contributed by atoms with Crippen LogP contribution in [0.5, 0.6) is 5.75 Å². The zero-order chi connectivity index (χ0) is 16.2. The van der Waals surface area contributed by atoms with Gasteiger partial charge in [0.05, 0.1) is 0 Å². The van der Waals surface area contributed by atoms with Gasteiger partial charge in [0.1, 0.15) is 18.2 Å². The lowest BCUT2D eigenvalue weighted by Crippen LogP contribution is -2.05. The van der Waals surface area contributed by atoms with Crippen molar-refractivity contribution in [3.8, 4) is 5.75 Å². The maximum absolute atomic E-state index is 5.74. The average molecular weight is 309 g/mol. The molecule has 0 amide bonds. The molecule has 3 rings (SSSR count). The van der Waals surface area contributed by atoms with Crippen LogP contribution >= 0.6 is 0 Å². The number of H-pyrrole nitrogens is 1. The molecule has 0 aliphatic carbocycles. The van der Waals surface area contributed by atoms with Gasteiger partial charge in [0.25, 0.3) is 0 Å². The zero-order valence-electron chi connectivity index (χ0n) is 13.4. The Balaban J connectivity index is 1.70. The molecule has 0 aliphatic rings. The van der Waals surface area contributed by atoms with Gasteiger partial charge in [-0.1, -0.05) is 17.7 Å². The fourth-order valence-corrected chi connectivity index (χ4v) is 2.15. The predicted octanol–water partition coefficient (Wildman–Crippen LogP) is 3.45. The van der Waals surface area contributed by atoms with Gasteiger partial charge in [0.2, 0.25) is 0 Å². The molecule has 0 saturated heterocycles. The Kier molecular flexibility index (Phi) is 4.23. The Morgan fingerprint density at radius 3 is 2.48 bits per heavy atom. The Hall–Kier alpha value is -2.89. The molecule has 2 aromatic heterocycles. The molecule has 3 aromatic rings. The number of anilines is 2. The molecular weight excluding hydrogens is 290 g/mol. The van der Waals surface area contributed by atoms with E-state index in [9.17, 15) is 0 Å². The average Bonchev–Trinajstić information content (AvgIpc) is 2.91. The summed E-state index contributed by atoms with van der Waals surface area (Å²) in [5.74, 6) is 2.86. The third-order valence-corrected chi connectivity index (χ3v) is 3.25. The van der Waals surface area contributed by atoms with E-state index in [-0.39, 0.29) is 0 Å². The normalized spacial score (nSPS) is 10.6. The molecule has 0 unspecified atom stereocenters. The summed E-state index contributed by atoms with van der Waals surface area (Å²) in [6.07, 6.45) is 0. The molecule has 2 N–H and O–H groups in total. The molecule has 6 heteroatoms. The quantitative estimate of drug-likeness (QED) is 0.755. The van der Waals surface area contributed by atoms with Gasteiger partial charge in [-0.2, -0.15) is 5.10 Å². The van der Waals surface area contributed by atoms with E-state index >= 15 is 0 Å². The molecule has 0 spiro atoms. The number of rotatable bonds is 5. The standard InChI is InChI=1S/C17H19N5O/c1-11-4-6-14(7-5-11)23-10-17-18-12(2)8-15(20-17)19-16-9-13(3)21-22-16/h4-9H,10H2,1-3H3,(H2,18,19,20,21,22). The highest BCUT2D eigenvalue weighted by Gasteiger charge is 2.05. The first kappa shape index (κ1) is 15.0. The molecule has 118 valence electrons. The second kappa shape index (κ2) is 6.48. The fourth-order valence-electron chi connectivity index (χ4n) is 2.15. The summed E-state index contributed by atoms with van der Waals surface area (Å²) in [6.45, 7) is 6.24. The van der Waals surface area contributed by atoms with Crippen LogP contribution in [0.25, 0.3) is 0 Å². The summed E-state index contributed by atoms with van der Waals surface area (Å²) in [5.41, 5.74) is 3.06. The first-order valence-corrected chi connectivity index (χ1v) is 7.41. The van der Waals surface area contributed by atoms with E-state index in [4.69, 9.17) is 4.74 Å². The zero-order valence-corrected chi connectivity index (χ0v) is 13.4. The summed E-state index contributed by atoms with van der Waals surface area (Å²) in [5, 5.41) is 10.2. The summed E-state index contributed by atoms with van der Waals surface area (Å²) >= 11 is 0. The van der Waals surface area contributed by atoms with Crippen molar-refractivity contribution in [1.29, 1.82) is 0 Å². The van der Waals surface area contributed by atoms with Crippen LogP contribution in [0.4, 0.5) is 11.6 Å². The number of hydrogen-bond acceptors (Lipinski definition) is 5. The second-order valence-corrected chi connectivity index (χ2v) is 5.47. The minimum Gasteiger partial charge on any atom is -0.486 e. The van der Waals surface area contributed by atoms with Crippen molar-refractivity contribution >= 4 is 11.6 Å². The van der Waals surface area contributed by atoms with E-state index in [1.165, 1.54) is 5.56 Å². The lowest BCUT2D eigenvalue weighted by atomic mass is 10.2. The van der Waals surface area contributed by atoms with Crippen molar-refractivity contribution in [2.45, 2.75) is 27.4 Å². The number of ether oxygens (including phenoxy) is 1. The van der Waals surface area contributed by atoms with Gasteiger partial charge in [-0.15, -0.1) is 0 Å². The topological polar surface area (TPSA) is 75.7 Å². The smallest absolute Gasteiger partial charge is 0.168 e. The van der Waals surface area contributed by atoms with E-state index in [0.717, 1.165) is 23.0 Å². The minimum atomic E-state index is 0.318. The molecular formula is C17H19N5O. The van der Waals surface area contributed by atoms with Crippen LogP contribution < -0.4 is 10.1 Å². The fraction of sp³-hybridized carbons (Fsp3) is 0.235. The van der Waals surface area contributed by atoms with Crippen molar-refractivity contribution in [3.05, 3.63) is 59.2 Å². The van der Waals surface area contributed by atoms with Crippen molar-refractivity contribution in [1.82, 2.24) is 20.2 Å².